The van der Waals surface area contributed by atoms with Crippen molar-refractivity contribution >= 4 is 5.78 Å². The van der Waals surface area contributed by atoms with E-state index in [2.05, 4.69) is 11.4 Å². The number of benzene rings is 1. The molecule has 0 radical (unpaired) electrons. The summed E-state index contributed by atoms with van der Waals surface area (Å²) in [6.07, 6.45) is 1.68. The van der Waals surface area contributed by atoms with Crippen molar-refractivity contribution in [3.8, 4) is 6.07 Å². The maximum Gasteiger partial charge on any atom is 0.166 e. The Hall–Kier alpha value is -1.70. The molecular weight excluding hydrogens is 252 g/mol. The molecule has 0 aliphatic carbocycles. The standard InChI is InChI=1S/C16H18N2O2/c1-10-4-11(2-3-12(10)7-17)16(19)13-5-14-8-20-9-15(6-13)18-14/h2-4,13-15,18H,5-6,8-9H2,1H3. The number of hydrogen-bond donors (Lipinski definition) is 1. The molecule has 1 aromatic rings. The van der Waals surface area contributed by atoms with Gasteiger partial charge in [-0.3, -0.25) is 4.79 Å². The average Bonchev–Trinajstić information content (AvgIpc) is 2.46. The minimum Gasteiger partial charge on any atom is -0.378 e. The van der Waals surface area contributed by atoms with Crippen LogP contribution in [-0.2, 0) is 4.74 Å². The predicted molar refractivity (Wildman–Crippen MR) is 74.5 cm³/mol. The number of nitrogens with one attached hydrogen (secondary N) is 1. The van der Waals surface area contributed by atoms with E-state index in [0.29, 0.717) is 30.9 Å². The van der Waals surface area contributed by atoms with E-state index in [1.165, 1.54) is 0 Å². The third-order valence-electron chi connectivity index (χ3n) is 4.25. The fraction of sp³-hybridized carbons (Fsp3) is 0.500. The fourth-order valence-corrected chi connectivity index (χ4v) is 3.23. The van der Waals surface area contributed by atoms with Gasteiger partial charge in [-0.15, -0.1) is 0 Å². The summed E-state index contributed by atoms with van der Waals surface area (Å²) in [7, 11) is 0. The van der Waals surface area contributed by atoms with Gasteiger partial charge in [0, 0.05) is 23.6 Å². The van der Waals surface area contributed by atoms with Crippen LogP contribution in [0.15, 0.2) is 18.2 Å². The van der Waals surface area contributed by atoms with Crippen LogP contribution in [-0.4, -0.2) is 31.1 Å². The number of rotatable bonds is 2. The van der Waals surface area contributed by atoms with Crippen LogP contribution in [0.1, 0.15) is 34.3 Å². The van der Waals surface area contributed by atoms with Crippen molar-refractivity contribution in [3.63, 3.8) is 0 Å². The molecule has 0 amide bonds. The van der Waals surface area contributed by atoms with Crippen LogP contribution in [0.25, 0.3) is 0 Å². The number of carbonyl (C=O) groups is 1. The lowest BCUT2D eigenvalue weighted by Gasteiger charge is -2.39. The number of nitrogens with zero attached hydrogens (tertiary/aromatic N) is 1. The lowest BCUT2D eigenvalue weighted by atomic mass is 9.82. The van der Waals surface area contributed by atoms with Gasteiger partial charge in [0.1, 0.15) is 0 Å². The topological polar surface area (TPSA) is 62.1 Å². The Labute approximate surface area is 118 Å². The lowest BCUT2D eigenvalue weighted by molar-refractivity contribution is 0.00953. The highest BCUT2D eigenvalue weighted by Crippen LogP contribution is 2.27. The molecule has 1 N–H and O–H groups in total. The van der Waals surface area contributed by atoms with Crippen LogP contribution in [0.3, 0.4) is 0 Å². The van der Waals surface area contributed by atoms with Crippen LogP contribution < -0.4 is 5.32 Å². The average molecular weight is 270 g/mol. The van der Waals surface area contributed by atoms with Crippen molar-refractivity contribution in [2.24, 2.45) is 5.92 Å². The largest absolute Gasteiger partial charge is 0.378 e. The van der Waals surface area contributed by atoms with Crippen LogP contribution in [0.2, 0.25) is 0 Å². The van der Waals surface area contributed by atoms with Crippen LogP contribution >= 0.6 is 0 Å². The zero-order valence-corrected chi connectivity index (χ0v) is 11.6. The Kier molecular flexibility index (Phi) is 3.56. The van der Waals surface area contributed by atoms with Crippen molar-refractivity contribution in [1.29, 1.82) is 5.26 Å². The van der Waals surface area contributed by atoms with E-state index in [9.17, 15) is 4.79 Å². The summed E-state index contributed by atoms with van der Waals surface area (Å²) in [6.45, 7) is 3.28. The summed E-state index contributed by atoms with van der Waals surface area (Å²) in [6, 6.07) is 8.11. The van der Waals surface area contributed by atoms with Gasteiger partial charge in [0.15, 0.2) is 5.78 Å². The Morgan fingerprint density at radius 1 is 1.35 bits per heavy atom. The molecule has 1 aromatic carbocycles. The number of aryl methyl sites for hydroxylation is 1. The molecule has 104 valence electrons. The number of Topliss-reactive ketones (excluding diaryl/α,β-unsaturated/α-hetero) is 1. The van der Waals surface area contributed by atoms with Gasteiger partial charge in [0.25, 0.3) is 0 Å². The minimum atomic E-state index is 0.0717. The molecule has 2 fully saturated rings. The molecule has 2 saturated heterocycles. The first-order chi connectivity index (χ1) is 9.67. The van der Waals surface area contributed by atoms with Crippen LogP contribution in [0.4, 0.5) is 0 Å². The monoisotopic (exact) mass is 270 g/mol. The maximum atomic E-state index is 12.6. The molecule has 20 heavy (non-hydrogen) atoms. The summed E-state index contributed by atoms with van der Waals surface area (Å²) in [5.74, 6) is 0.276. The highest BCUT2D eigenvalue weighted by Gasteiger charge is 2.35. The van der Waals surface area contributed by atoms with E-state index in [4.69, 9.17) is 10.00 Å². The molecule has 2 heterocycles. The number of fused-ring (bicyclic) bond motifs is 2. The van der Waals surface area contributed by atoms with Gasteiger partial charge in [-0.1, -0.05) is 6.07 Å². The van der Waals surface area contributed by atoms with E-state index >= 15 is 0 Å². The number of ketones is 1. The molecule has 2 aliphatic rings. The van der Waals surface area contributed by atoms with Gasteiger partial charge in [-0.05, 0) is 37.5 Å². The second-order valence-corrected chi connectivity index (χ2v) is 5.77. The Balaban J connectivity index is 1.79. The van der Waals surface area contributed by atoms with Gasteiger partial charge < -0.3 is 10.1 Å². The third kappa shape index (κ3) is 2.47. The van der Waals surface area contributed by atoms with Crippen molar-refractivity contribution in [2.45, 2.75) is 31.8 Å². The molecular formula is C16H18N2O2. The van der Waals surface area contributed by atoms with Gasteiger partial charge >= 0.3 is 0 Å². The highest BCUT2D eigenvalue weighted by atomic mass is 16.5. The molecule has 4 heteroatoms. The maximum absolute atomic E-state index is 12.6. The second-order valence-electron chi connectivity index (χ2n) is 5.77. The van der Waals surface area contributed by atoms with Crippen molar-refractivity contribution in [1.82, 2.24) is 5.32 Å². The molecule has 0 saturated carbocycles. The quantitative estimate of drug-likeness (QED) is 0.833. The number of piperidine rings is 1. The van der Waals surface area contributed by atoms with E-state index < -0.39 is 0 Å². The first-order valence-corrected chi connectivity index (χ1v) is 7.06. The lowest BCUT2D eigenvalue weighted by Crippen LogP contribution is -2.55. The summed E-state index contributed by atoms with van der Waals surface area (Å²) in [5.41, 5.74) is 2.24. The van der Waals surface area contributed by atoms with Crippen molar-refractivity contribution < 1.29 is 9.53 Å². The van der Waals surface area contributed by atoms with Crippen LogP contribution in [0, 0.1) is 24.2 Å². The molecule has 0 aromatic heterocycles. The van der Waals surface area contributed by atoms with Crippen molar-refractivity contribution in [3.05, 3.63) is 34.9 Å². The number of ether oxygens (including phenoxy) is 1. The number of nitriles is 1. The summed E-state index contributed by atoms with van der Waals surface area (Å²) < 4.78 is 5.51. The van der Waals surface area contributed by atoms with Gasteiger partial charge in [-0.25, -0.2) is 0 Å². The first-order valence-electron chi connectivity index (χ1n) is 7.06. The first kappa shape index (κ1) is 13.3. The normalized spacial score (nSPS) is 28.7. The number of carbonyl (C=O) groups excluding carboxylic acids is 1. The summed E-state index contributed by atoms with van der Waals surface area (Å²) in [4.78, 5) is 12.6. The molecule has 2 aliphatic heterocycles. The molecule has 0 spiro atoms. The zero-order valence-electron chi connectivity index (χ0n) is 11.6. The van der Waals surface area contributed by atoms with E-state index in [0.717, 1.165) is 24.0 Å². The van der Waals surface area contributed by atoms with Crippen LogP contribution in [0.5, 0.6) is 0 Å². The highest BCUT2D eigenvalue weighted by molar-refractivity contribution is 5.98. The van der Waals surface area contributed by atoms with E-state index in [1.807, 2.05) is 13.0 Å². The zero-order chi connectivity index (χ0) is 14.1. The SMILES string of the molecule is Cc1cc(C(=O)C2CC3COCC(C2)N3)ccc1C#N. The second kappa shape index (κ2) is 5.35. The molecule has 2 bridgehead atoms. The van der Waals surface area contributed by atoms with Gasteiger partial charge in [0.05, 0.1) is 24.8 Å². The molecule has 3 rings (SSSR count). The van der Waals surface area contributed by atoms with E-state index in [-0.39, 0.29) is 11.7 Å². The Morgan fingerprint density at radius 2 is 2.05 bits per heavy atom. The molecule has 2 unspecified atom stereocenters. The smallest absolute Gasteiger partial charge is 0.166 e. The third-order valence-corrected chi connectivity index (χ3v) is 4.25. The molecule has 2 atom stereocenters. The summed E-state index contributed by atoms with van der Waals surface area (Å²) in [5, 5.41) is 12.4. The predicted octanol–water partition coefficient (Wildman–Crippen LogP) is 1.82. The van der Waals surface area contributed by atoms with E-state index in [1.54, 1.807) is 12.1 Å². The Morgan fingerprint density at radius 3 is 2.65 bits per heavy atom. The molecule has 4 nitrogen and oxygen atoms in total. The number of morpholine rings is 1. The summed E-state index contributed by atoms with van der Waals surface area (Å²) >= 11 is 0. The van der Waals surface area contributed by atoms with Gasteiger partial charge in [0.2, 0.25) is 0 Å². The number of hydrogen-bond acceptors (Lipinski definition) is 4. The minimum absolute atomic E-state index is 0.0717. The Bertz CT molecular complexity index is 564. The van der Waals surface area contributed by atoms with Crippen molar-refractivity contribution in [2.75, 3.05) is 13.2 Å². The van der Waals surface area contributed by atoms with Gasteiger partial charge in [-0.2, -0.15) is 5.26 Å². The fourth-order valence-electron chi connectivity index (χ4n) is 3.23.